The van der Waals surface area contributed by atoms with Crippen LogP contribution in [0, 0.1) is 5.92 Å². The van der Waals surface area contributed by atoms with Crippen molar-refractivity contribution < 1.29 is 4.79 Å². The Morgan fingerprint density at radius 3 is 3.19 bits per heavy atom. The highest BCUT2D eigenvalue weighted by Crippen LogP contribution is 2.37. The molecule has 2 unspecified atom stereocenters. The molecule has 0 spiro atoms. The fourth-order valence-electron chi connectivity index (χ4n) is 2.01. The summed E-state index contributed by atoms with van der Waals surface area (Å²) in [5, 5.41) is 3.29. The first-order valence-electron chi connectivity index (χ1n) is 5.73. The van der Waals surface area contributed by atoms with Crippen LogP contribution < -0.4 is 11.1 Å². The molecule has 1 aliphatic rings. The van der Waals surface area contributed by atoms with E-state index >= 15 is 0 Å². The van der Waals surface area contributed by atoms with Gasteiger partial charge in [-0.25, -0.2) is 4.98 Å². The van der Waals surface area contributed by atoms with E-state index < -0.39 is 5.91 Å². The number of rotatable bonds is 5. The highest BCUT2D eigenvalue weighted by Gasteiger charge is 2.36. The Morgan fingerprint density at radius 2 is 2.50 bits per heavy atom. The van der Waals surface area contributed by atoms with Crippen LogP contribution in [-0.4, -0.2) is 16.9 Å². The largest absolute Gasteiger partial charge is 0.366 e. The van der Waals surface area contributed by atoms with E-state index in [9.17, 15) is 4.79 Å². The molecule has 1 fully saturated rings. The summed E-state index contributed by atoms with van der Waals surface area (Å²) in [7, 11) is 0. The molecule has 2 atom stereocenters. The number of aromatic nitrogens is 1. The van der Waals surface area contributed by atoms with Gasteiger partial charge < -0.3 is 11.1 Å². The van der Waals surface area contributed by atoms with Crippen LogP contribution >= 0.6 is 0 Å². The van der Waals surface area contributed by atoms with Gasteiger partial charge in [0.25, 0.3) is 5.91 Å². The average molecular weight is 219 g/mol. The number of pyridine rings is 1. The van der Waals surface area contributed by atoms with Crippen molar-refractivity contribution in [1.29, 1.82) is 0 Å². The maximum atomic E-state index is 11.2. The second-order valence-corrected chi connectivity index (χ2v) is 4.30. The summed E-state index contributed by atoms with van der Waals surface area (Å²) in [6, 6.07) is 3.89. The Balaban J connectivity index is 2.02. The molecule has 1 heterocycles. The maximum Gasteiger partial charge on any atom is 0.252 e. The number of primary amides is 1. The standard InChI is InChI=1S/C12H17N3O/c1-2-4-8-7-10(8)15-12-9(11(13)16)5-3-6-14-12/h3,5-6,8,10H,2,4,7H2,1H3,(H2,13,16)(H,14,15). The lowest BCUT2D eigenvalue weighted by Gasteiger charge is -2.07. The molecule has 0 aromatic carbocycles. The number of carbonyl (C=O) groups excluding carboxylic acids is 1. The predicted octanol–water partition coefficient (Wildman–Crippen LogP) is 1.78. The molecular formula is C12H17N3O. The Labute approximate surface area is 95.3 Å². The first kappa shape index (κ1) is 10.9. The van der Waals surface area contributed by atoms with Crippen LogP contribution in [-0.2, 0) is 0 Å². The van der Waals surface area contributed by atoms with Crippen molar-refractivity contribution in [2.75, 3.05) is 5.32 Å². The van der Waals surface area contributed by atoms with E-state index in [0.29, 0.717) is 17.4 Å². The van der Waals surface area contributed by atoms with Gasteiger partial charge in [-0.05, 0) is 30.9 Å². The maximum absolute atomic E-state index is 11.2. The minimum Gasteiger partial charge on any atom is -0.366 e. The summed E-state index contributed by atoms with van der Waals surface area (Å²) in [5.41, 5.74) is 5.76. The minimum atomic E-state index is -0.428. The fourth-order valence-corrected chi connectivity index (χ4v) is 2.01. The van der Waals surface area contributed by atoms with Crippen molar-refractivity contribution in [2.24, 2.45) is 11.7 Å². The summed E-state index contributed by atoms with van der Waals surface area (Å²) in [6.45, 7) is 2.19. The molecular weight excluding hydrogens is 202 g/mol. The van der Waals surface area contributed by atoms with Crippen LogP contribution in [0.5, 0.6) is 0 Å². The van der Waals surface area contributed by atoms with Crippen LogP contribution in [0.1, 0.15) is 36.5 Å². The molecule has 1 aromatic rings. The van der Waals surface area contributed by atoms with Gasteiger partial charge in [0.05, 0.1) is 5.56 Å². The molecule has 4 heteroatoms. The Bertz CT molecular complexity index is 392. The van der Waals surface area contributed by atoms with E-state index in [4.69, 9.17) is 5.73 Å². The zero-order valence-corrected chi connectivity index (χ0v) is 9.44. The van der Waals surface area contributed by atoms with Crippen LogP contribution in [0.15, 0.2) is 18.3 Å². The third-order valence-electron chi connectivity index (χ3n) is 2.98. The Morgan fingerprint density at radius 1 is 1.69 bits per heavy atom. The first-order chi connectivity index (χ1) is 7.72. The van der Waals surface area contributed by atoms with Gasteiger partial charge in [0.2, 0.25) is 0 Å². The number of hydrogen-bond acceptors (Lipinski definition) is 3. The number of hydrogen-bond donors (Lipinski definition) is 2. The molecule has 16 heavy (non-hydrogen) atoms. The molecule has 1 amide bonds. The van der Waals surface area contributed by atoms with Gasteiger partial charge in [-0.2, -0.15) is 0 Å². The fraction of sp³-hybridized carbons (Fsp3) is 0.500. The molecule has 2 rings (SSSR count). The van der Waals surface area contributed by atoms with Gasteiger partial charge in [-0.15, -0.1) is 0 Å². The second-order valence-electron chi connectivity index (χ2n) is 4.30. The Kier molecular flexibility index (Phi) is 3.08. The van der Waals surface area contributed by atoms with Gasteiger partial charge in [0.1, 0.15) is 5.82 Å². The molecule has 0 bridgehead atoms. The quantitative estimate of drug-likeness (QED) is 0.793. The number of nitrogens with zero attached hydrogens (tertiary/aromatic N) is 1. The van der Waals surface area contributed by atoms with E-state index in [1.807, 2.05) is 0 Å². The number of nitrogens with one attached hydrogen (secondary N) is 1. The van der Waals surface area contributed by atoms with Crippen LogP contribution in [0.2, 0.25) is 0 Å². The van der Waals surface area contributed by atoms with Gasteiger partial charge in [0.15, 0.2) is 0 Å². The van der Waals surface area contributed by atoms with Gasteiger partial charge in [0, 0.05) is 12.2 Å². The smallest absolute Gasteiger partial charge is 0.252 e. The van der Waals surface area contributed by atoms with Crippen molar-refractivity contribution in [3.63, 3.8) is 0 Å². The van der Waals surface area contributed by atoms with E-state index in [1.165, 1.54) is 19.3 Å². The lowest BCUT2D eigenvalue weighted by atomic mass is 10.2. The van der Waals surface area contributed by atoms with Crippen LogP contribution in [0.3, 0.4) is 0 Å². The topological polar surface area (TPSA) is 68.0 Å². The lowest BCUT2D eigenvalue weighted by molar-refractivity contribution is 0.100. The van der Waals surface area contributed by atoms with E-state index in [1.54, 1.807) is 18.3 Å². The lowest BCUT2D eigenvalue weighted by Crippen LogP contribution is -2.16. The predicted molar refractivity (Wildman–Crippen MR) is 63.2 cm³/mol. The molecule has 1 saturated carbocycles. The molecule has 0 aliphatic heterocycles. The molecule has 0 radical (unpaired) electrons. The summed E-state index contributed by atoms with van der Waals surface area (Å²) in [5.74, 6) is 0.926. The van der Waals surface area contributed by atoms with Gasteiger partial charge in [-0.1, -0.05) is 13.3 Å². The minimum absolute atomic E-state index is 0.428. The molecule has 86 valence electrons. The van der Waals surface area contributed by atoms with Crippen LogP contribution in [0.4, 0.5) is 5.82 Å². The summed E-state index contributed by atoms with van der Waals surface area (Å²) >= 11 is 0. The summed E-state index contributed by atoms with van der Waals surface area (Å²) < 4.78 is 0. The monoisotopic (exact) mass is 219 g/mol. The SMILES string of the molecule is CCCC1CC1Nc1ncccc1C(N)=O. The van der Waals surface area contributed by atoms with Crippen molar-refractivity contribution in [3.05, 3.63) is 23.9 Å². The van der Waals surface area contributed by atoms with E-state index in [-0.39, 0.29) is 0 Å². The average Bonchev–Trinajstić information content (AvgIpc) is 2.97. The van der Waals surface area contributed by atoms with Crippen LogP contribution in [0.25, 0.3) is 0 Å². The Hall–Kier alpha value is -1.58. The number of amides is 1. The third-order valence-corrected chi connectivity index (χ3v) is 2.98. The van der Waals surface area contributed by atoms with Crippen molar-refractivity contribution in [2.45, 2.75) is 32.2 Å². The molecule has 1 aliphatic carbocycles. The van der Waals surface area contributed by atoms with E-state index in [2.05, 4.69) is 17.2 Å². The van der Waals surface area contributed by atoms with E-state index in [0.717, 1.165) is 5.92 Å². The number of anilines is 1. The van der Waals surface area contributed by atoms with Crippen molar-refractivity contribution >= 4 is 11.7 Å². The van der Waals surface area contributed by atoms with Gasteiger partial charge >= 0.3 is 0 Å². The second kappa shape index (κ2) is 4.51. The zero-order chi connectivity index (χ0) is 11.5. The third kappa shape index (κ3) is 2.32. The molecule has 3 N–H and O–H groups in total. The van der Waals surface area contributed by atoms with Crippen molar-refractivity contribution in [3.8, 4) is 0 Å². The van der Waals surface area contributed by atoms with Gasteiger partial charge in [-0.3, -0.25) is 4.79 Å². The first-order valence-corrected chi connectivity index (χ1v) is 5.73. The number of carbonyl (C=O) groups is 1. The highest BCUT2D eigenvalue weighted by atomic mass is 16.1. The van der Waals surface area contributed by atoms with Crippen molar-refractivity contribution in [1.82, 2.24) is 4.98 Å². The highest BCUT2D eigenvalue weighted by molar-refractivity contribution is 5.97. The molecule has 0 saturated heterocycles. The number of nitrogens with two attached hydrogens (primary N) is 1. The normalized spacial score (nSPS) is 22.8. The molecule has 4 nitrogen and oxygen atoms in total. The summed E-state index contributed by atoms with van der Waals surface area (Å²) in [6.07, 6.45) is 5.28. The summed E-state index contributed by atoms with van der Waals surface area (Å²) in [4.78, 5) is 15.3. The molecule has 1 aromatic heterocycles. The zero-order valence-electron chi connectivity index (χ0n) is 9.44.